The van der Waals surface area contributed by atoms with Crippen LogP contribution < -0.4 is 11.1 Å². The molecule has 5 aromatic rings. The number of carbonyl (C=O) groups is 1. The SMILES string of the molecule is CS(=O)(=O)c1ccccc1-c1ccc2c(c1)NCC2C(=O)c1cc(C(F)(F)F)nn1-c1ccc2onc(N)c2c1. The zero-order valence-electron chi connectivity index (χ0n) is 20.7. The van der Waals surface area contributed by atoms with Crippen molar-refractivity contribution in [2.45, 2.75) is 17.0 Å². The molecule has 204 valence electrons. The lowest BCUT2D eigenvalue weighted by atomic mass is 9.93. The van der Waals surface area contributed by atoms with E-state index in [4.69, 9.17) is 10.3 Å². The number of nitrogens with one attached hydrogen (secondary N) is 1. The predicted molar refractivity (Wildman–Crippen MR) is 141 cm³/mol. The molecule has 9 nitrogen and oxygen atoms in total. The Hall–Kier alpha value is -4.65. The molecule has 3 N–H and O–H groups in total. The van der Waals surface area contributed by atoms with Gasteiger partial charge in [-0.2, -0.15) is 18.3 Å². The first-order valence-corrected chi connectivity index (χ1v) is 13.8. The fourth-order valence-corrected chi connectivity index (χ4v) is 5.82. The van der Waals surface area contributed by atoms with E-state index in [2.05, 4.69) is 15.6 Å². The van der Waals surface area contributed by atoms with Crippen LogP contribution in [0.15, 0.2) is 76.1 Å². The van der Waals surface area contributed by atoms with E-state index in [1.165, 1.54) is 24.3 Å². The van der Waals surface area contributed by atoms with E-state index in [0.717, 1.165) is 17.0 Å². The minimum Gasteiger partial charge on any atom is -0.384 e. The summed E-state index contributed by atoms with van der Waals surface area (Å²) in [7, 11) is -3.50. The molecule has 3 heterocycles. The van der Waals surface area contributed by atoms with Crippen LogP contribution in [0, 0.1) is 0 Å². The summed E-state index contributed by atoms with van der Waals surface area (Å²) in [4.78, 5) is 13.9. The van der Waals surface area contributed by atoms with Gasteiger partial charge in [-0.15, -0.1) is 0 Å². The third-order valence-electron chi connectivity index (χ3n) is 6.82. The maximum absolute atomic E-state index is 13.8. The first-order chi connectivity index (χ1) is 18.9. The Labute approximate surface area is 225 Å². The van der Waals surface area contributed by atoms with E-state index >= 15 is 0 Å². The number of hydrogen-bond acceptors (Lipinski definition) is 8. The van der Waals surface area contributed by atoms with E-state index in [-0.39, 0.29) is 28.6 Å². The summed E-state index contributed by atoms with van der Waals surface area (Å²) >= 11 is 0. The summed E-state index contributed by atoms with van der Waals surface area (Å²) in [6.45, 7) is 0.134. The van der Waals surface area contributed by atoms with Crippen molar-refractivity contribution in [1.29, 1.82) is 0 Å². The number of nitrogen functional groups attached to an aromatic ring is 1. The Balaban J connectivity index is 1.41. The number of alkyl halides is 3. The number of benzene rings is 3. The van der Waals surface area contributed by atoms with Gasteiger partial charge in [0.05, 0.1) is 21.9 Å². The molecule has 0 saturated carbocycles. The normalized spacial score (nSPS) is 15.2. The molecule has 0 bridgehead atoms. The van der Waals surface area contributed by atoms with Crippen molar-refractivity contribution in [2.24, 2.45) is 0 Å². The molecule has 0 radical (unpaired) electrons. The minimum atomic E-state index is -4.78. The number of ketones is 1. The van der Waals surface area contributed by atoms with Gasteiger partial charge in [0.2, 0.25) is 0 Å². The third kappa shape index (κ3) is 4.28. The fraction of sp³-hybridized carbons (Fsp3) is 0.148. The molecule has 0 spiro atoms. The van der Waals surface area contributed by atoms with Crippen LogP contribution in [0.1, 0.15) is 27.7 Å². The fourth-order valence-electron chi connectivity index (χ4n) is 4.91. The van der Waals surface area contributed by atoms with Gasteiger partial charge in [-0.1, -0.05) is 35.5 Å². The third-order valence-corrected chi connectivity index (χ3v) is 7.97. The topological polar surface area (TPSA) is 133 Å². The molecule has 1 aliphatic rings. The molecular weight excluding hydrogens is 547 g/mol. The van der Waals surface area contributed by atoms with Crippen LogP contribution in [0.4, 0.5) is 24.7 Å². The number of halogens is 3. The molecule has 0 aliphatic carbocycles. The van der Waals surface area contributed by atoms with Crippen molar-refractivity contribution in [3.05, 3.63) is 83.7 Å². The van der Waals surface area contributed by atoms with Crippen LogP contribution in [-0.2, 0) is 16.0 Å². The van der Waals surface area contributed by atoms with Crippen molar-refractivity contribution in [2.75, 3.05) is 23.9 Å². The number of nitrogens with two attached hydrogens (primary N) is 1. The van der Waals surface area contributed by atoms with Gasteiger partial charge in [-0.3, -0.25) is 4.79 Å². The highest BCUT2D eigenvalue weighted by Crippen LogP contribution is 2.39. The van der Waals surface area contributed by atoms with Gasteiger partial charge in [0, 0.05) is 30.1 Å². The Morgan fingerprint density at radius 1 is 1.10 bits per heavy atom. The van der Waals surface area contributed by atoms with E-state index < -0.39 is 33.4 Å². The number of rotatable bonds is 5. The van der Waals surface area contributed by atoms with Crippen LogP contribution in [0.5, 0.6) is 0 Å². The quantitative estimate of drug-likeness (QED) is 0.281. The van der Waals surface area contributed by atoms with Crippen molar-refractivity contribution >= 4 is 38.1 Å². The zero-order chi connectivity index (χ0) is 28.4. The van der Waals surface area contributed by atoms with Crippen molar-refractivity contribution in [3.8, 4) is 16.8 Å². The van der Waals surface area contributed by atoms with Crippen LogP contribution >= 0.6 is 0 Å². The number of sulfone groups is 1. The Kier molecular flexibility index (Phi) is 5.73. The van der Waals surface area contributed by atoms with Crippen molar-refractivity contribution in [1.82, 2.24) is 14.9 Å². The number of hydrogen-bond donors (Lipinski definition) is 2. The second kappa shape index (κ2) is 8.95. The van der Waals surface area contributed by atoms with E-state index in [9.17, 15) is 26.4 Å². The highest BCUT2D eigenvalue weighted by Gasteiger charge is 2.38. The predicted octanol–water partition coefficient (Wildman–Crippen LogP) is 5.08. The summed E-state index contributed by atoms with van der Waals surface area (Å²) in [5.74, 6) is -1.33. The smallest absolute Gasteiger partial charge is 0.384 e. The Bertz CT molecular complexity index is 1930. The Morgan fingerprint density at radius 3 is 2.62 bits per heavy atom. The number of Topliss-reactive ketones (excluding diaryl/α,β-unsaturated/α-hetero) is 1. The summed E-state index contributed by atoms with van der Waals surface area (Å²) in [5.41, 5.74) is 7.13. The second-order valence-corrected chi connectivity index (χ2v) is 11.4. The molecule has 2 aromatic heterocycles. The van der Waals surface area contributed by atoms with Crippen LogP contribution in [0.25, 0.3) is 27.8 Å². The van der Waals surface area contributed by atoms with Gasteiger partial charge in [-0.25, -0.2) is 13.1 Å². The number of carbonyl (C=O) groups excluding carboxylic acids is 1. The lowest BCUT2D eigenvalue weighted by molar-refractivity contribution is -0.141. The molecule has 1 aliphatic heterocycles. The monoisotopic (exact) mass is 567 g/mol. The molecule has 3 aromatic carbocycles. The maximum Gasteiger partial charge on any atom is 0.435 e. The van der Waals surface area contributed by atoms with Gasteiger partial charge in [0.1, 0.15) is 5.69 Å². The van der Waals surface area contributed by atoms with Gasteiger partial charge in [0.15, 0.2) is 32.7 Å². The molecule has 0 amide bonds. The van der Waals surface area contributed by atoms with Crippen LogP contribution in [0.3, 0.4) is 0 Å². The lowest BCUT2D eigenvalue weighted by Gasteiger charge is -2.13. The number of aromatic nitrogens is 3. The standard InChI is InChI=1S/C27H20F3N5O4S/c1-40(37,38)23-5-3-2-4-16(23)14-6-8-17-19(13-32-20(17)10-14)25(36)21-12-24(27(28,29)30)33-35(21)15-7-9-22-18(11-15)26(31)34-39-22/h2-12,19,32H,13H2,1H3,(H2,31,34). The average molecular weight is 568 g/mol. The zero-order valence-corrected chi connectivity index (χ0v) is 21.5. The molecular formula is C27H20F3N5O4S. The molecule has 0 fully saturated rings. The molecule has 40 heavy (non-hydrogen) atoms. The summed E-state index contributed by atoms with van der Waals surface area (Å²) in [6.07, 6.45) is -3.66. The maximum atomic E-state index is 13.8. The second-order valence-electron chi connectivity index (χ2n) is 9.44. The van der Waals surface area contributed by atoms with Crippen LogP contribution in [-0.4, -0.2) is 41.9 Å². The lowest BCUT2D eigenvalue weighted by Crippen LogP contribution is -2.18. The largest absolute Gasteiger partial charge is 0.435 e. The summed E-state index contributed by atoms with van der Waals surface area (Å²) in [6, 6.07) is 16.8. The van der Waals surface area contributed by atoms with Crippen LogP contribution in [0.2, 0.25) is 0 Å². The van der Waals surface area contributed by atoms with Gasteiger partial charge >= 0.3 is 6.18 Å². The average Bonchev–Trinajstić information content (AvgIpc) is 3.64. The van der Waals surface area contributed by atoms with Gasteiger partial charge in [0.25, 0.3) is 0 Å². The van der Waals surface area contributed by atoms with E-state index in [1.54, 1.807) is 36.4 Å². The molecule has 6 rings (SSSR count). The van der Waals surface area contributed by atoms with E-state index in [1.807, 2.05) is 0 Å². The van der Waals surface area contributed by atoms with E-state index in [0.29, 0.717) is 33.3 Å². The van der Waals surface area contributed by atoms with Crippen molar-refractivity contribution in [3.63, 3.8) is 0 Å². The number of anilines is 2. The minimum absolute atomic E-state index is 0.0510. The highest BCUT2D eigenvalue weighted by atomic mass is 32.2. The van der Waals surface area contributed by atoms with Gasteiger partial charge < -0.3 is 15.6 Å². The summed E-state index contributed by atoms with van der Waals surface area (Å²) < 4.78 is 71.6. The number of fused-ring (bicyclic) bond motifs is 2. The first kappa shape index (κ1) is 25.6. The first-order valence-electron chi connectivity index (χ1n) is 12.0. The molecule has 1 unspecified atom stereocenters. The van der Waals surface area contributed by atoms with Gasteiger partial charge in [-0.05, 0) is 41.5 Å². The highest BCUT2D eigenvalue weighted by molar-refractivity contribution is 7.90. The summed E-state index contributed by atoms with van der Waals surface area (Å²) in [5, 5.41) is 10.9. The molecule has 1 atom stereocenters. The molecule has 13 heteroatoms. The molecule has 0 saturated heterocycles. The Morgan fingerprint density at radius 2 is 1.88 bits per heavy atom. The number of nitrogens with zero attached hydrogens (tertiary/aromatic N) is 3. The van der Waals surface area contributed by atoms with Crippen molar-refractivity contribution < 1.29 is 30.9 Å².